The van der Waals surface area contributed by atoms with Gasteiger partial charge in [-0.05, 0) is 38.5 Å². The largest absolute Gasteiger partial charge is 0.481 e. The number of carbonyl (C=O) groups is 2. The maximum atomic E-state index is 12.0. The summed E-state index contributed by atoms with van der Waals surface area (Å²) in [4.78, 5) is 22.5. The van der Waals surface area contributed by atoms with E-state index in [4.69, 9.17) is 9.84 Å². The van der Waals surface area contributed by atoms with E-state index in [0.717, 1.165) is 32.1 Å². The van der Waals surface area contributed by atoms with Crippen LogP contribution < -0.4 is 0 Å². The zero-order chi connectivity index (χ0) is 41.2. The first-order valence-electron chi connectivity index (χ1n) is 26.2. The van der Waals surface area contributed by atoms with E-state index in [1.807, 2.05) is 0 Å². The number of aliphatic carboxylic acids is 1. The summed E-state index contributed by atoms with van der Waals surface area (Å²) in [6.07, 6.45) is 66.0. The molecule has 0 radical (unpaired) electrons. The summed E-state index contributed by atoms with van der Waals surface area (Å²) < 4.78 is 5.46. The molecule has 1 N–H and O–H groups in total. The van der Waals surface area contributed by atoms with E-state index in [-0.39, 0.29) is 5.97 Å². The molecule has 0 atom stereocenters. The molecule has 0 aromatic rings. The molecule has 4 nitrogen and oxygen atoms in total. The Labute approximate surface area is 357 Å². The molecule has 0 fully saturated rings. The number of allylic oxidation sites excluding steroid dienone is 2. The van der Waals surface area contributed by atoms with Crippen molar-refractivity contribution in [2.24, 2.45) is 0 Å². The van der Waals surface area contributed by atoms with Crippen molar-refractivity contribution in [2.75, 3.05) is 6.61 Å². The van der Waals surface area contributed by atoms with E-state index in [9.17, 15) is 9.59 Å². The lowest BCUT2D eigenvalue weighted by molar-refractivity contribution is -0.144. The van der Waals surface area contributed by atoms with Gasteiger partial charge < -0.3 is 9.84 Å². The lowest BCUT2D eigenvalue weighted by Crippen LogP contribution is -2.05. The van der Waals surface area contributed by atoms with E-state index < -0.39 is 5.97 Å². The number of ether oxygens (including phenoxy) is 1. The number of rotatable bonds is 50. The van der Waals surface area contributed by atoms with Gasteiger partial charge >= 0.3 is 11.9 Å². The molecule has 0 aliphatic heterocycles. The van der Waals surface area contributed by atoms with Gasteiger partial charge in [-0.15, -0.1) is 0 Å². The molecule has 0 saturated heterocycles. The Kier molecular flexibility index (Phi) is 49.6. The van der Waals surface area contributed by atoms with E-state index in [1.165, 1.54) is 257 Å². The zero-order valence-corrected chi connectivity index (χ0v) is 38.8. The molecule has 0 amide bonds. The van der Waals surface area contributed by atoms with E-state index in [1.54, 1.807) is 0 Å². The molecule has 0 heterocycles. The molecule has 0 aliphatic carbocycles. The van der Waals surface area contributed by atoms with Crippen LogP contribution in [0.3, 0.4) is 0 Å². The summed E-state index contributed by atoms with van der Waals surface area (Å²) >= 11 is 0. The second-order valence-electron chi connectivity index (χ2n) is 18.0. The van der Waals surface area contributed by atoms with Crippen LogP contribution in [0.5, 0.6) is 0 Å². The van der Waals surface area contributed by atoms with Gasteiger partial charge in [0.25, 0.3) is 0 Å². The van der Waals surface area contributed by atoms with Gasteiger partial charge in [-0.25, -0.2) is 0 Å². The van der Waals surface area contributed by atoms with Gasteiger partial charge in [0.2, 0.25) is 0 Å². The van der Waals surface area contributed by atoms with Crippen molar-refractivity contribution in [3.05, 3.63) is 12.2 Å². The molecule has 57 heavy (non-hydrogen) atoms. The fourth-order valence-electron chi connectivity index (χ4n) is 8.27. The minimum Gasteiger partial charge on any atom is -0.481 e. The standard InChI is InChI=1S/C53H102O4/c1-2-3-4-5-6-7-34-38-41-44-47-50-53(56)57-51-48-45-42-39-36-33-31-29-27-25-23-21-19-17-15-13-11-9-8-10-12-14-16-18-20-22-24-26-28-30-32-35-37-40-43-46-49-52(54)55/h5-6H,2-4,7-51H2,1H3,(H,54,55)/b6-5-. The minimum atomic E-state index is -0.651. The van der Waals surface area contributed by atoms with Crippen molar-refractivity contribution in [3.8, 4) is 0 Å². The lowest BCUT2D eigenvalue weighted by Gasteiger charge is -2.06. The fourth-order valence-corrected chi connectivity index (χ4v) is 8.27. The smallest absolute Gasteiger partial charge is 0.305 e. The molecule has 0 spiro atoms. The highest BCUT2D eigenvalue weighted by atomic mass is 16.5. The molecule has 4 heteroatoms. The molecule has 0 aromatic heterocycles. The number of hydrogen-bond acceptors (Lipinski definition) is 3. The number of esters is 1. The van der Waals surface area contributed by atoms with Crippen LogP contribution in [-0.2, 0) is 14.3 Å². The molecular weight excluding hydrogens is 701 g/mol. The van der Waals surface area contributed by atoms with Crippen LogP contribution in [0.15, 0.2) is 12.2 Å². The van der Waals surface area contributed by atoms with E-state index in [2.05, 4.69) is 19.1 Å². The third-order valence-electron chi connectivity index (χ3n) is 12.2. The highest BCUT2D eigenvalue weighted by Gasteiger charge is 2.03. The van der Waals surface area contributed by atoms with Gasteiger partial charge in [-0.1, -0.05) is 269 Å². The van der Waals surface area contributed by atoms with Crippen molar-refractivity contribution < 1.29 is 19.4 Å². The van der Waals surface area contributed by atoms with Crippen LogP contribution >= 0.6 is 0 Å². The molecule has 0 rings (SSSR count). The zero-order valence-electron chi connectivity index (χ0n) is 38.8. The van der Waals surface area contributed by atoms with Gasteiger partial charge in [0.05, 0.1) is 6.61 Å². The Morgan fingerprint density at radius 1 is 0.333 bits per heavy atom. The van der Waals surface area contributed by atoms with Crippen molar-refractivity contribution in [2.45, 2.75) is 309 Å². The first-order chi connectivity index (χ1) is 28.2. The number of carbonyl (C=O) groups excluding carboxylic acids is 1. The van der Waals surface area contributed by atoms with Gasteiger partial charge in [-0.2, -0.15) is 0 Å². The monoisotopic (exact) mass is 803 g/mol. The molecule has 0 bridgehead atoms. The highest BCUT2D eigenvalue weighted by Crippen LogP contribution is 2.18. The molecule has 338 valence electrons. The first-order valence-corrected chi connectivity index (χ1v) is 26.2. The van der Waals surface area contributed by atoms with Crippen LogP contribution in [0.2, 0.25) is 0 Å². The maximum Gasteiger partial charge on any atom is 0.305 e. The predicted octanol–water partition coefficient (Wildman–Crippen LogP) is 18.5. The van der Waals surface area contributed by atoms with E-state index in [0.29, 0.717) is 19.4 Å². The summed E-state index contributed by atoms with van der Waals surface area (Å²) in [5, 5.41) is 8.67. The molecule has 0 saturated carbocycles. The van der Waals surface area contributed by atoms with E-state index >= 15 is 0 Å². The summed E-state index contributed by atoms with van der Waals surface area (Å²) in [5.74, 6) is -0.637. The normalized spacial score (nSPS) is 11.6. The fraction of sp³-hybridized carbons (Fsp3) is 0.925. The van der Waals surface area contributed by atoms with Crippen molar-refractivity contribution in [1.82, 2.24) is 0 Å². The second kappa shape index (κ2) is 50.8. The Balaban J connectivity index is 3.13. The minimum absolute atomic E-state index is 0.0135. The highest BCUT2D eigenvalue weighted by molar-refractivity contribution is 5.69. The lowest BCUT2D eigenvalue weighted by atomic mass is 10.0. The number of hydrogen-bond donors (Lipinski definition) is 1. The van der Waals surface area contributed by atoms with Crippen LogP contribution in [0.25, 0.3) is 0 Å². The summed E-state index contributed by atoms with van der Waals surface area (Å²) in [5.41, 5.74) is 0. The Morgan fingerprint density at radius 3 is 0.877 bits per heavy atom. The van der Waals surface area contributed by atoms with Crippen LogP contribution in [0.4, 0.5) is 0 Å². The Hall–Kier alpha value is -1.32. The first kappa shape index (κ1) is 55.7. The average molecular weight is 803 g/mol. The summed E-state index contributed by atoms with van der Waals surface area (Å²) in [6.45, 7) is 2.87. The van der Waals surface area contributed by atoms with Crippen LogP contribution in [0.1, 0.15) is 309 Å². The van der Waals surface area contributed by atoms with Gasteiger partial charge in [-0.3, -0.25) is 9.59 Å². The third-order valence-corrected chi connectivity index (χ3v) is 12.2. The van der Waals surface area contributed by atoms with Crippen molar-refractivity contribution >= 4 is 11.9 Å². The number of carboxylic acid groups (broad SMARTS) is 1. The summed E-state index contributed by atoms with van der Waals surface area (Å²) in [7, 11) is 0. The molecule has 0 aliphatic rings. The SMILES string of the molecule is CCCC/C=C\CCCCCCCC(=O)OCCCCCCCCCCCCCCCCCCCCCCCCCCCCCCCCCCCCCCC(=O)O. The van der Waals surface area contributed by atoms with Gasteiger partial charge in [0.15, 0.2) is 0 Å². The Morgan fingerprint density at radius 2 is 0.579 bits per heavy atom. The van der Waals surface area contributed by atoms with Gasteiger partial charge in [0.1, 0.15) is 0 Å². The van der Waals surface area contributed by atoms with Crippen LogP contribution in [-0.4, -0.2) is 23.7 Å². The predicted molar refractivity (Wildman–Crippen MR) is 250 cm³/mol. The summed E-state index contributed by atoms with van der Waals surface area (Å²) in [6, 6.07) is 0. The van der Waals surface area contributed by atoms with Crippen molar-refractivity contribution in [1.29, 1.82) is 0 Å². The molecule has 0 aromatic carbocycles. The van der Waals surface area contributed by atoms with Gasteiger partial charge in [0, 0.05) is 12.8 Å². The third kappa shape index (κ3) is 52.7. The maximum absolute atomic E-state index is 12.0. The second-order valence-corrected chi connectivity index (χ2v) is 18.0. The average Bonchev–Trinajstić information content (AvgIpc) is 3.20. The molecule has 0 unspecified atom stereocenters. The van der Waals surface area contributed by atoms with Crippen molar-refractivity contribution in [3.63, 3.8) is 0 Å². The topological polar surface area (TPSA) is 63.6 Å². The quantitative estimate of drug-likeness (QED) is 0.0378. The van der Waals surface area contributed by atoms with Crippen LogP contribution in [0, 0.1) is 0 Å². The number of carboxylic acids is 1. The molecular formula is C53H102O4. The Bertz CT molecular complexity index is 807. The number of unbranched alkanes of at least 4 members (excludes halogenated alkanes) is 42.